The summed E-state index contributed by atoms with van der Waals surface area (Å²) in [5.74, 6) is 1.17. The number of rotatable bonds is 7. The Bertz CT molecular complexity index is 797. The highest BCUT2D eigenvalue weighted by Gasteiger charge is 2.18. The van der Waals surface area contributed by atoms with E-state index in [-0.39, 0.29) is 5.75 Å². The standard InChI is InChI=1S/C22H30N4O2/c1-4-24(5-2)19-11-10-18(21(27)16-19)17-23-26-14-12-25(13-15-26)20-8-6-7-9-22(20)28-3/h6-11,16-17,27H,4-5,12-15H2,1-3H3/b23-17+. The van der Waals surface area contributed by atoms with Gasteiger partial charge in [0.2, 0.25) is 0 Å². The fourth-order valence-corrected chi connectivity index (χ4v) is 3.51. The van der Waals surface area contributed by atoms with Crippen molar-refractivity contribution in [2.45, 2.75) is 13.8 Å². The van der Waals surface area contributed by atoms with E-state index in [1.165, 1.54) is 0 Å². The summed E-state index contributed by atoms with van der Waals surface area (Å²) in [6, 6.07) is 13.9. The van der Waals surface area contributed by atoms with Crippen LogP contribution in [0.4, 0.5) is 11.4 Å². The molecule has 1 saturated heterocycles. The van der Waals surface area contributed by atoms with Crippen molar-refractivity contribution in [1.82, 2.24) is 5.01 Å². The lowest BCUT2D eigenvalue weighted by Crippen LogP contribution is -2.44. The molecule has 1 heterocycles. The molecule has 3 rings (SSSR count). The van der Waals surface area contributed by atoms with Crippen LogP contribution in [0, 0.1) is 0 Å². The van der Waals surface area contributed by atoms with E-state index in [0.29, 0.717) is 0 Å². The second kappa shape index (κ2) is 9.35. The summed E-state index contributed by atoms with van der Waals surface area (Å²) in [6.07, 6.45) is 1.75. The van der Waals surface area contributed by atoms with E-state index in [0.717, 1.165) is 62.0 Å². The SMILES string of the molecule is CCN(CC)c1ccc(/C=N/N2CCN(c3ccccc3OC)CC2)c(O)c1. The normalized spacial score (nSPS) is 14.5. The van der Waals surface area contributed by atoms with Gasteiger partial charge in [-0.3, -0.25) is 5.01 Å². The Kier molecular flexibility index (Phi) is 6.63. The van der Waals surface area contributed by atoms with E-state index < -0.39 is 0 Å². The molecule has 0 saturated carbocycles. The number of piperazine rings is 1. The summed E-state index contributed by atoms with van der Waals surface area (Å²) in [6.45, 7) is 9.47. The molecular formula is C22H30N4O2. The molecule has 150 valence electrons. The Hall–Kier alpha value is -2.89. The molecule has 6 nitrogen and oxygen atoms in total. The summed E-state index contributed by atoms with van der Waals surface area (Å²) in [4.78, 5) is 4.53. The average molecular weight is 383 g/mol. The maximum absolute atomic E-state index is 10.4. The lowest BCUT2D eigenvalue weighted by Gasteiger charge is -2.35. The van der Waals surface area contributed by atoms with Gasteiger partial charge in [0.25, 0.3) is 0 Å². The monoisotopic (exact) mass is 382 g/mol. The van der Waals surface area contributed by atoms with Gasteiger partial charge < -0.3 is 19.6 Å². The van der Waals surface area contributed by atoms with Crippen LogP contribution in [0.5, 0.6) is 11.5 Å². The first-order valence-electron chi connectivity index (χ1n) is 9.91. The molecule has 0 bridgehead atoms. The van der Waals surface area contributed by atoms with E-state index in [4.69, 9.17) is 4.74 Å². The van der Waals surface area contributed by atoms with E-state index in [1.807, 2.05) is 41.4 Å². The molecule has 1 aliphatic heterocycles. The number of hydrogen-bond acceptors (Lipinski definition) is 6. The minimum absolute atomic E-state index is 0.265. The molecule has 2 aromatic carbocycles. The molecule has 0 amide bonds. The maximum Gasteiger partial charge on any atom is 0.142 e. The van der Waals surface area contributed by atoms with Crippen molar-refractivity contribution < 1.29 is 9.84 Å². The highest BCUT2D eigenvalue weighted by Crippen LogP contribution is 2.28. The number of benzene rings is 2. The number of para-hydroxylation sites is 2. The highest BCUT2D eigenvalue weighted by molar-refractivity contribution is 5.84. The first kappa shape index (κ1) is 19.9. The van der Waals surface area contributed by atoms with E-state index >= 15 is 0 Å². The Morgan fingerprint density at radius 3 is 2.43 bits per heavy atom. The van der Waals surface area contributed by atoms with Gasteiger partial charge in [0, 0.05) is 43.5 Å². The van der Waals surface area contributed by atoms with Crippen LogP contribution in [-0.2, 0) is 0 Å². The fourth-order valence-electron chi connectivity index (χ4n) is 3.51. The van der Waals surface area contributed by atoms with E-state index in [9.17, 15) is 5.11 Å². The van der Waals surface area contributed by atoms with Crippen LogP contribution in [0.1, 0.15) is 19.4 Å². The van der Waals surface area contributed by atoms with Crippen molar-refractivity contribution in [1.29, 1.82) is 0 Å². The zero-order valence-electron chi connectivity index (χ0n) is 17.0. The van der Waals surface area contributed by atoms with E-state index in [2.05, 4.69) is 34.8 Å². The third kappa shape index (κ3) is 4.50. The van der Waals surface area contributed by atoms with Crippen LogP contribution in [0.3, 0.4) is 0 Å². The maximum atomic E-state index is 10.4. The lowest BCUT2D eigenvalue weighted by atomic mass is 10.2. The topological polar surface area (TPSA) is 51.5 Å². The molecule has 0 aliphatic carbocycles. The average Bonchev–Trinajstić information content (AvgIpc) is 2.74. The van der Waals surface area contributed by atoms with E-state index in [1.54, 1.807) is 13.3 Å². The molecular weight excluding hydrogens is 352 g/mol. The zero-order chi connectivity index (χ0) is 19.9. The Morgan fingerprint density at radius 1 is 1.07 bits per heavy atom. The van der Waals surface area contributed by atoms with Crippen molar-refractivity contribution in [2.75, 3.05) is 56.2 Å². The number of aromatic hydroxyl groups is 1. The van der Waals surface area contributed by atoms with Crippen molar-refractivity contribution in [3.63, 3.8) is 0 Å². The van der Waals surface area contributed by atoms with Crippen LogP contribution in [-0.4, -0.2) is 62.7 Å². The Labute approximate surface area is 167 Å². The second-order valence-corrected chi connectivity index (χ2v) is 6.77. The van der Waals surface area contributed by atoms with Crippen molar-refractivity contribution >= 4 is 17.6 Å². The third-order valence-corrected chi connectivity index (χ3v) is 5.18. The van der Waals surface area contributed by atoms with Gasteiger partial charge >= 0.3 is 0 Å². The molecule has 0 radical (unpaired) electrons. The van der Waals surface area contributed by atoms with Crippen molar-refractivity contribution in [3.05, 3.63) is 48.0 Å². The van der Waals surface area contributed by atoms with Gasteiger partial charge in [-0.15, -0.1) is 0 Å². The Balaban J connectivity index is 1.61. The number of hydrogen-bond donors (Lipinski definition) is 1. The van der Waals surface area contributed by atoms with Gasteiger partial charge in [0.05, 0.1) is 32.1 Å². The van der Waals surface area contributed by atoms with Gasteiger partial charge in [0.1, 0.15) is 11.5 Å². The van der Waals surface area contributed by atoms with Crippen LogP contribution >= 0.6 is 0 Å². The number of hydrazone groups is 1. The number of ether oxygens (including phenoxy) is 1. The molecule has 0 unspecified atom stereocenters. The molecule has 28 heavy (non-hydrogen) atoms. The molecule has 0 spiro atoms. The predicted octanol–water partition coefficient (Wildman–Crippen LogP) is 3.40. The summed E-state index contributed by atoms with van der Waals surface area (Å²) in [7, 11) is 1.71. The van der Waals surface area contributed by atoms with Gasteiger partial charge in [-0.2, -0.15) is 5.10 Å². The predicted molar refractivity (Wildman–Crippen MR) is 116 cm³/mol. The molecule has 6 heteroatoms. The first-order valence-corrected chi connectivity index (χ1v) is 9.91. The van der Waals surface area contributed by atoms with Crippen molar-refractivity contribution in [3.8, 4) is 11.5 Å². The second-order valence-electron chi connectivity index (χ2n) is 6.77. The van der Waals surface area contributed by atoms with Crippen LogP contribution in [0.15, 0.2) is 47.6 Å². The summed E-state index contributed by atoms with van der Waals surface area (Å²) in [5, 5.41) is 17.0. The smallest absolute Gasteiger partial charge is 0.142 e. The number of phenols is 1. The minimum Gasteiger partial charge on any atom is -0.507 e. The van der Waals surface area contributed by atoms with Crippen LogP contribution < -0.4 is 14.5 Å². The summed E-state index contributed by atoms with van der Waals surface area (Å²) < 4.78 is 5.47. The van der Waals surface area contributed by atoms with Gasteiger partial charge in [0.15, 0.2) is 0 Å². The Morgan fingerprint density at radius 2 is 1.79 bits per heavy atom. The van der Waals surface area contributed by atoms with Gasteiger partial charge in [-0.05, 0) is 38.1 Å². The summed E-state index contributed by atoms with van der Waals surface area (Å²) >= 11 is 0. The molecule has 1 fully saturated rings. The van der Waals surface area contributed by atoms with Gasteiger partial charge in [-0.1, -0.05) is 12.1 Å². The quantitative estimate of drug-likeness (QED) is 0.744. The van der Waals surface area contributed by atoms with Crippen molar-refractivity contribution in [2.24, 2.45) is 5.10 Å². The lowest BCUT2D eigenvalue weighted by molar-refractivity contribution is 0.271. The molecule has 1 aliphatic rings. The summed E-state index contributed by atoms with van der Waals surface area (Å²) in [5.41, 5.74) is 2.89. The molecule has 0 atom stereocenters. The number of nitrogens with zero attached hydrogens (tertiary/aromatic N) is 4. The molecule has 0 aromatic heterocycles. The minimum atomic E-state index is 0.265. The zero-order valence-corrected chi connectivity index (χ0v) is 17.0. The highest BCUT2D eigenvalue weighted by atomic mass is 16.5. The fraction of sp³-hybridized carbons (Fsp3) is 0.409. The number of anilines is 2. The van der Waals surface area contributed by atoms with Crippen LogP contribution in [0.25, 0.3) is 0 Å². The molecule has 2 aromatic rings. The largest absolute Gasteiger partial charge is 0.507 e. The van der Waals surface area contributed by atoms with Crippen LogP contribution in [0.2, 0.25) is 0 Å². The molecule has 1 N–H and O–H groups in total. The number of phenolic OH excluding ortho intramolecular Hbond substituents is 1. The third-order valence-electron chi connectivity index (χ3n) is 5.18. The number of methoxy groups -OCH3 is 1. The first-order chi connectivity index (χ1) is 13.7. The van der Waals surface area contributed by atoms with Gasteiger partial charge in [-0.25, -0.2) is 0 Å².